The van der Waals surface area contributed by atoms with Gasteiger partial charge in [0, 0.05) is 49.4 Å². The normalized spacial score (nSPS) is 21.2. The summed E-state index contributed by atoms with van der Waals surface area (Å²) in [5, 5.41) is 12.4. The quantitative estimate of drug-likeness (QED) is 0.418. The Morgan fingerprint density at radius 2 is 1.95 bits per heavy atom. The van der Waals surface area contributed by atoms with Crippen molar-refractivity contribution in [1.82, 2.24) is 19.8 Å². The Labute approximate surface area is 229 Å². The lowest BCUT2D eigenvalue weighted by Crippen LogP contribution is -2.50. The number of likely N-dealkylation sites (tertiary alicyclic amines) is 2. The van der Waals surface area contributed by atoms with Crippen molar-refractivity contribution < 1.29 is 4.74 Å². The summed E-state index contributed by atoms with van der Waals surface area (Å²) in [5.41, 5.74) is 3.29. The second-order valence-electron chi connectivity index (χ2n) is 10.7. The number of anilines is 2. The van der Waals surface area contributed by atoms with Crippen LogP contribution >= 0.6 is 11.6 Å². The third-order valence-electron chi connectivity index (χ3n) is 8.39. The van der Waals surface area contributed by atoms with E-state index in [1.54, 1.807) is 0 Å². The van der Waals surface area contributed by atoms with Crippen molar-refractivity contribution >= 4 is 33.9 Å². The first-order valence-corrected chi connectivity index (χ1v) is 13.9. The summed E-state index contributed by atoms with van der Waals surface area (Å²) in [6.45, 7) is 4.80. The van der Waals surface area contributed by atoms with Gasteiger partial charge in [-0.1, -0.05) is 35.9 Å². The molecule has 1 aromatic heterocycles. The highest BCUT2D eigenvalue weighted by Crippen LogP contribution is 2.37. The van der Waals surface area contributed by atoms with Crippen molar-refractivity contribution in [2.24, 2.45) is 0 Å². The van der Waals surface area contributed by atoms with Gasteiger partial charge in [0.25, 0.3) is 0 Å². The molecule has 6 rings (SSSR count). The van der Waals surface area contributed by atoms with Crippen LogP contribution in [0.1, 0.15) is 30.5 Å². The summed E-state index contributed by atoms with van der Waals surface area (Å²) in [6, 6.07) is 13.5. The van der Waals surface area contributed by atoms with Gasteiger partial charge in [-0.3, -0.25) is 0 Å². The maximum Gasteiger partial charge on any atom is 0.318 e. The fraction of sp³-hybridized carbons (Fsp3) is 0.483. The summed E-state index contributed by atoms with van der Waals surface area (Å²) in [4.78, 5) is 18.6. The Kier molecular flexibility index (Phi) is 6.89. The van der Waals surface area contributed by atoms with Crippen molar-refractivity contribution in [2.75, 3.05) is 56.7 Å². The molecule has 38 heavy (non-hydrogen) atoms. The molecule has 0 N–H and O–H groups in total. The van der Waals surface area contributed by atoms with Crippen LogP contribution in [0.3, 0.4) is 0 Å². The summed E-state index contributed by atoms with van der Waals surface area (Å²) in [7, 11) is 4.22. The minimum absolute atomic E-state index is 0.227. The number of fused-ring (bicyclic) bond motifs is 2. The van der Waals surface area contributed by atoms with Crippen LogP contribution in [-0.2, 0) is 13.0 Å². The maximum atomic E-state index is 9.40. The predicted octanol–water partition coefficient (Wildman–Crippen LogP) is 4.31. The molecule has 9 heteroatoms. The van der Waals surface area contributed by atoms with Crippen LogP contribution in [0.15, 0.2) is 36.4 Å². The Bertz CT molecular complexity index is 1370. The number of ether oxygens (including phenoxy) is 1. The van der Waals surface area contributed by atoms with Crippen molar-refractivity contribution in [3.05, 3.63) is 52.7 Å². The third kappa shape index (κ3) is 4.70. The van der Waals surface area contributed by atoms with Crippen LogP contribution in [-0.4, -0.2) is 78.7 Å². The first-order chi connectivity index (χ1) is 18.5. The highest BCUT2D eigenvalue weighted by Gasteiger charge is 2.31. The van der Waals surface area contributed by atoms with E-state index in [-0.39, 0.29) is 6.04 Å². The molecule has 0 bridgehead atoms. The standard InChI is InChI=1S/C29H34ClN7O/c1-34-13-5-8-22(34)18-38-29-32-25-17-36(26-10-4-7-20-6-3-9-24(30)27(20)26)15-12-23(25)28(33-29)35(2)16-21-11-14-37(21)19-31/h3-4,6-7,9-10,21-22H,5,8,11-18H2,1-2H3/t21?,22-/m0/s1. The molecule has 2 atom stereocenters. The lowest BCUT2D eigenvalue weighted by atomic mass is 10.0. The molecule has 0 amide bonds. The first kappa shape index (κ1) is 25.0. The van der Waals surface area contributed by atoms with Crippen molar-refractivity contribution in [2.45, 2.75) is 44.3 Å². The van der Waals surface area contributed by atoms with Crippen LogP contribution in [0, 0.1) is 11.5 Å². The average molecular weight is 532 g/mol. The Balaban J connectivity index is 1.31. The van der Waals surface area contributed by atoms with E-state index in [0.717, 1.165) is 78.4 Å². The van der Waals surface area contributed by atoms with E-state index in [2.05, 4.69) is 59.3 Å². The third-order valence-corrected chi connectivity index (χ3v) is 8.71. The van der Waals surface area contributed by atoms with Gasteiger partial charge in [-0.25, -0.2) is 0 Å². The number of hydrogen-bond donors (Lipinski definition) is 0. The number of nitrogens with zero attached hydrogens (tertiary/aromatic N) is 7. The number of hydrogen-bond acceptors (Lipinski definition) is 8. The zero-order valence-corrected chi connectivity index (χ0v) is 22.9. The molecular weight excluding hydrogens is 498 g/mol. The number of benzene rings is 2. The highest BCUT2D eigenvalue weighted by atomic mass is 35.5. The van der Waals surface area contributed by atoms with Crippen LogP contribution in [0.4, 0.5) is 11.5 Å². The first-order valence-electron chi connectivity index (χ1n) is 13.5. The molecule has 3 aromatic rings. The van der Waals surface area contributed by atoms with Crippen molar-refractivity contribution in [1.29, 1.82) is 5.26 Å². The Morgan fingerprint density at radius 3 is 2.68 bits per heavy atom. The van der Waals surface area contributed by atoms with Crippen LogP contribution in [0.5, 0.6) is 6.01 Å². The minimum atomic E-state index is 0.227. The number of halogens is 1. The molecule has 3 aliphatic heterocycles. The second kappa shape index (κ2) is 10.5. The average Bonchev–Trinajstić information content (AvgIpc) is 3.33. The lowest BCUT2D eigenvalue weighted by Gasteiger charge is -2.40. The molecule has 3 aliphatic rings. The summed E-state index contributed by atoms with van der Waals surface area (Å²) in [6.07, 6.45) is 6.49. The molecule has 0 radical (unpaired) electrons. The van der Waals surface area contributed by atoms with E-state index in [1.165, 1.54) is 12.0 Å². The Hall–Kier alpha value is -3.28. The number of rotatable bonds is 7. The van der Waals surface area contributed by atoms with Crippen molar-refractivity contribution in [3.63, 3.8) is 0 Å². The van der Waals surface area contributed by atoms with E-state index in [0.29, 0.717) is 25.2 Å². The number of aromatic nitrogens is 2. The lowest BCUT2D eigenvalue weighted by molar-refractivity contribution is 0.171. The van der Waals surface area contributed by atoms with Crippen LogP contribution < -0.4 is 14.5 Å². The van der Waals surface area contributed by atoms with Crippen LogP contribution in [0.25, 0.3) is 10.8 Å². The smallest absolute Gasteiger partial charge is 0.318 e. The number of likely N-dealkylation sites (N-methyl/N-ethyl adjacent to an activating group) is 2. The molecule has 0 spiro atoms. The van der Waals surface area contributed by atoms with Gasteiger partial charge in [-0.15, -0.1) is 0 Å². The zero-order valence-electron chi connectivity index (χ0n) is 22.1. The molecule has 198 valence electrons. The fourth-order valence-electron chi connectivity index (χ4n) is 6.04. The monoisotopic (exact) mass is 531 g/mol. The molecule has 2 saturated heterocycles. The second-order valence-corrected chi connectivity index (χ2v) is 11.2. The molecule has 8 nitrogen and oxygen atoms in total. The van der Waals surface area contributed by atoms with Gasteiger partial charge >= 0.3 is 6.01 Å². The van der Waals surface area contributed by atoms with Gasteiger partial charge in [0.05, 0.1) is 23.3 Å². The molecule has 0 aliphatic carbocycles. The van der Waals surface area contributed by atoms with Gasteiger partial charge in [0.1, 0.15) is 12.4 Å². The molecule has 0 saturated carbocycles. The van der Waals surface area contributed by atoms with Crippen molar-refractivity contribution in [3.8, 4) is 12.2 Å². The van der Waals surface area contributed by atoms with E-state index in [9.17, 15) is 5.26 Å². The van der Waals surface area contributed by atoms with Gasteiger partial charge in [0.2, 0.25) is 0 Å². The highest BCUT2D eigenvalue weighted by molar-refractivity contribution is 6.36. The van der Waals surface area contributed by atoms with E-state index < -0.39 is 0 Å². The van der Waals surface area contributed by atoms with E-state index >= 15 is 0 Å². The van der Waals surface area contributed by atoms with E-state index in [1.807, 2.05) is 17.0 Å². The Morgan fingerprint density at radius 1 is 1.11 bits per heavy atom. The maximum absolute atomic E-state index is 9.40. The van der Waals surface area contributed by atoms with Gasteiger partial charge < -0.3 is 24.3 Å². The summed E-state index contributed by atoms with van der Waals surface area (Å²) in [5.74, 6) is 0.921. The van der Waals surface area contributed by atoms with Gasteiger partial charge in [-0.05, 0) is 56.8 Å². The molecule has 1 unspecified atom stereocenters. The fourth-order valence-corrected chi connectivity index (χ4v) is 6.32. The van der Waals surface area contributed by atoms with Crippen LogP contribution in [0.2, 0.25) is 5.02 Å². The molecular formula is C29H34ClN7O. The predicted molar refractivity (Wildman–Crippen MR) is 151 cm³/mol. The largest absolute Gasteiger partial charge is 0.462 e. The SMILES string of the molecule is CN(CC1CCN1C#N)c1nc(OC[C@@H]2CCCN2C)nc2c1CCN(c1cccc3cccc(Cl)c13)C2. The van der Waals surface area contributed by atoms with Gasteiger partial charge in [0.15, 0.2) is 6.19 Å². The number of nitriles is 1. The molecule has 2 fully saturated rings. The van der Waals surface area contributed by atoms with Gasteiger partial charge in [-0.2, -0.15) is 15.2 Å². The topological polar surface area (TPSA) is 71.8 Å². The zero-order chi connectivity index (χ0) is 26.2. The van der Waals surface area contributed by atoms with E-state index in [4.69, 9.17) is 26.3 Å². The molecule has 4 heterocycles. The molecule has 2 aromatic carbocycles. The minimum Gasteiger partial charge on any atom is -0.462 e. The summed E-state index contributed by atoms with van der Waals surface area (Å²) < 4.78 is 6.24. The summed E-state index contributed by atoms with van der Waals surface area (Å²) >= 11 is 6.67.